The average Bonchev–Trinajstić information content (AvgIpc) is 2.05. The number of urea groups is 1. The van der Waals surface area contributed by atoms with Crippen LogP contribution in [0.3, 0.4) is 0 Å². The van der Waals surface area contributed by atoms with E-state index in [1.807, 2.05) is 0 Å². The first-order valence-electron chi connectivity index (χ1n) is 3.15. The van der Waals surface area contributed by atoms with Crippen LogP contribution in [-0.2, 0) is 4.74 Å². The molecule has 58 valence electrons. The summed E-state index contributed by atoms with van der Waals surface area (Å²) in [6.45, 7) is 1.60. The van der Waals surface area contributed by atoms with Gasteiger partial charge in [-0.3, -0.25) is 5.01 Å². The molecule has 0 aromatic carbocycles. The Kier molecular flexibility index (Phi) is 2.47. The second-order valence-corrected chi connectivity index (χ2v) is 1.92. The van der Waals surface area contributed by atoms with E-state index in [1.165, 1.54) is 5.01 Å². The monoisotopic (exact) mass is 145 g/mol. The van der Waals surface area contributed by atoms with E-state index in [0.29, 0.717) is 19.9 Å². The molecular weight excluding hydrogens is 134 g/mol. The van der Waals surface area contributed by atoms with Gasteiger partial charge in [-0.1, -0.05) is 0 Å². The SMILES string of the molecule is CNC(=O)N1CCOCN1. The van der Waals surface area contributed by atoms with Gasteiger partial charge in [-0.2, -0.15) is 0 Å². The van der Waals surface area contributed by atoms with Crippen molar-refractivity contribution in [2.45, 2.75) is 0 Å². The lowest BCUT2D eigenvalue weighted by Crippen LogP contribution is -2.52. The minimum absolute atomic E-state index is 0.122. The van der Waals surface area contributed by atoms with Gasteiger partial charge in [-0.15, -0.1) is 0 Å². The Morgan fingerprint density at radius 1 is 1.80 bits per heavy atom. The number of rotatable bonds is 0. The topological polar surface area (TPSA) is 53.6 Å². The summed E-state index contributed by atoms with van der Waals surface area (Å²) in [7, 11) is 1.60. The first-order chi connectivity index (χ1) is 4.84. The molecule has 2 amide bonds. The summed E-state index contributed by atoms with van der Waals surface area (Å²) in [5, 5.41) is 3.99. The van der Waals surface area contributed by atoms with Gasteiger partial charge < -0.3 is 10.1 Å². The Morgan fingerprint density at radius 3 is 3.10 bits per heavy atom. The van der Waals surface area contributed by atoms with Gasteiger partial charge in [0.05, 0.1) is 13.2 Å². The minimum Gasteiger partial charge on any atom is -0.363 e. The van der Waals surface area contributed by atoms with E-state index >= 15 is 0 Å². The molecule has 1 rings (SSSR count). The predicted molar refractivity (Wildman–Crippen MR) is 35.1 cm³/mol. The molecule has 5 nitrogen and oxygen atoms in total. The molecule has 1 aliphatic rings. The van der Waals surface area contributed by atoms with Gasteiger partial charge in [0, 0.05) is 7.05 Å². The van der Waals surface area contributed by atoms with Gasteiger partial charge in [0.15, 0.2) is 0 Å². The van der Waals surface area contributed by atoms with Crippen molar-refractivity contribution in [2.24, 2.45) is 0 Å². The standard InChI is InChI=1S/C5H11N3O2/c1-6-5(9)8-2-3-10-4-7-8/h7H,2-4H2,1H3,(H,6,9). The number of carbonyl (C=O) groups excluding carboxylic acids is 1. The zero-order valence-electron chi connectivity index (χ0n) is 5.89. The molecule has 10 heavy (non-hydrogen) atoms. The molecule has 0 aliphatic carbocycles. The molecular formula is C5H11N3O2. The summed E-state index contributed by atoms with van der Waals surface area (Å²) in [6.07, 6.45) is 0. The third-order valence-corrected chi connectivity index (χ3v) is 1.28. The molecule has 1 heterocycles. The number of nitrogens with one attached hydrogen (secondary N) is 2. The highest BCUT2D eigenvalue weighted by atomic mass is 16.5. The molecule has 1 saturated heterocycles. The van der Waals surface area contributed by atoms with Crippen molar-refractivity contribution in [3.05, 3.63) is 0 Å². The number of hydrazine groups is 1. The number of nitrogens with zero attached hydrogens (tertiary/aromatic N) is 1. The second kappa shape index (κ2) is 3.38. The van der Waals surface area contributed by atoms with E-state index in [1.54, 1.807) is 7.05 Å². The largest absolute Gasteiger partial charge is 0.363 e. The van der Waals surface area contributed by atoms with Gasteiger partial charge in [-0.25, -0.2) is 10.2 Å². The van der Waals surface area contributed by atoms with E-state index in [4.69, 9.17) is 4.74 Å². The normalized spacial score (nSPS) is 18.7. The lowest BCUT2D eigenvalue weighted by atomic mass is 10.6. The summed E-state index contributed by atoms with van der Waals surface area (Å²) < 4.78 is 4.96. The zero-order valence-corrected chi connectivity index (χ0v) is 5.89. The van der Waals surface area contributed by atoms with Crippen molar-refractivity contribution in [1.29, 1.82) is 0 Å². The van der Waals surface area contributed by atoms with E-state index in [0.717, 1.165) is 0 Å². The van der Waals surface area contributed by atoms with E-state index in [2.05, 4.69) is 10.7 Å². The fourth-order valence-electron chi connectivity index (χ4n) is 0.739. The highest BCUT2D eigenvalue weighted by Gasteiger charge is 2.13. The summed E-state index contributed by atoms with van der Waals surface area (Å²) >= 11 is 0. The Bertz CT molecular complexity index is 122. The van der Waals surface area contributed by atoms with Crippen LogP contribution in [0.4, 0.5) is 4.79 Å². The molecule has 0 bridgehead atoms. The minimum atomic E-state index is -0.122. The Balaban J connectivity index is 2.31. The smallest absolute Gasteiger partial charge is 0.331 e. The molecule has 0 unspecified atom stereocenters. The molecule has 0 aromatic rings. The second-order valence-electron chi connectivity index (χ2n) is 1.92. The molecule has 0 atom stereocenters. The van der Waals surface area contributed by atoms with Gasteiger partial charge in [-0.05, 0) is 0 Å². The molecule has 1 fully saturated rings. The van der Waals surface area contributed by atoms with Crippen LogP contribution in [0.2, 0.25) is 0 Å². The van der Waals surface area contributed by atoms with Crippen LogP contribution in [-0.4, -0.2) is 38.0 Å². The van der Waals surface area contributed by atoms with Crippen LogP contribution in [0.25, 0.3) is 0 Å². The summed E-state index contributed by atoms with van der Waals surface area (Å²) in [6, 6.07) is -0.122. The van der Waals surface area contributed by atoms with Crippen LogP contribution < -0.4 is 10.7 Å². The van der Waals surface area contributed by atoms with Gasteiger partial charge >= 0.3 is 6.03 Å². The van der Waals surface area contributed by atoms with E-state index < -0.39 is 0 Å². The van der Waals surface area contributed by atoms with Crippen LogP contribution in [0.15, 0.2) is 0 Å². The van der Waals surface area contributed by atoms with Crippen molar-refractivity contribution in [1.82, 2.24) is 15.8 Å². The molecule has 0 aromatic heterocycles. The van der Waals surface area contributed by atoms with E-state index in [9.17, 15) is 4.79 Å². The molecule has 0 spiro atoms. The van der Waals surface area contributed by atoms with Crippen molar-refractivity contribution in [2.75, 3.05) is 26.9 Å². The lowest BCUT2D eigenvalue weighted by Gasteiger charge is -2.26. The summed E-state index contributed by atoms with van der Waals surface area (Å²) in [5.41, 5.74) is 2.77. The number of ether oxygens (including phenoxy) is 1. The van der Waals surface area contributed by atoms with Crippen LogP contribution in [0.5, 0.6) is 0 Å². The molecule has 2 N–H and O–H groups in total. The number of carbonyl (C=O) groups is 1. The Hall–Kier alpha value is -0.810. The van der Waals surface area contributed by atoms with Crippen molar-refractivity contribution in [3.8, 4) is 0 Å². The average molecular weight is 145 g/mol. The maximum atomic E-state index is 10.9. The number of hydrogen-bond donors (Lipinski definition) is 2. The number of amides is 2. The van der Waals surface area contributed by atoms with Crippen molar-refractivity contribution < 1.29 is 9.53 Å². The summed E-state index contributed by atoms with van der Waals surface area (Å²) in [5.74, 6) is 0. The van der Waals surface area contributed by atoms with Gasteiger partial charge in [0.2, 0.25) is 0 Å². The molecule has 0 saturated carbocycles. The Morgan fingerprint density at radius 2 is 2.60 bits per heavy atom. The fraction of sp³-hybridized carbons (Fsp3) is 0.800. The predicted octanol–water partition coefficient (Wildman–Crippen LogP) is -0.880. The highest BCUT2D eigenvalue weighted by Crippen LogP contribution is 1.89. The maximum Gasteiger partial charge on any atom is 0.331 e. The van der Waals surface area contributed by atoms with Crippen molar-refractivity contribution >= 4 is 6.03 Å². The number of hydrogen-bond acceptors (Lipinski definition) is 3. The lowest BCUT2D eigenvalue weighted by molar-refractivity contribution is 0.00280. The summed E-state index contributed by atoms with van der Waals surface area (Å²) in [4.78, 5) is 10.9. The molecule has 1 aliphatic heterocycles. The van der Waals surface area contributed by atoms with Gasteiger partial charge in [0.1, 0.15) is 6.73 Å². The maximum absolute atomic E-state index is 10.9. The van der Waals surface area contributed by atoms with Gasteiger partial charge in [0.25, 0.3) is 0 Å². The highest BCUT2D eigenvalue weighted by molar-refractivity contribution is 5.73. The fourth-order valence-corrected chi connectivity index (χ4v) is 0.739. The van der Waals surface area contributed by atoms with Crippen molar-refractivity contribution in [3.63, 3.8) is 0 Å². The zero-order chi connectivity index (χ0) is 7.40. The van der Waals surface area contributed by atoms with Crippen LogP contribution in [0.1, 0.15) is 0 Å². The Labute approximate surface area is 59.3 Å². The first kappa shape index (κ1) is 7.30. The van der Waals surface area contributed by atoms with E-state index in [-0.39, 0.29) is 6.03 Å². The third kappa shape index (κ3) is 1.58. The third-order valence-electron chi connectivity index (χ3n) is 1.28. The molecule has 0 radical (unpaired) electrons. The van der Waals surface area contributed by atoms with Crippen LogP contribution >= 0.6 is 0 Å². The first-order valence-corrected chi connectivity index (χ1v) is 3.15. The van der Waals surface area contributed by atoms with Crippen LogP contribution in [0, 0.1) is 0 Å². The molecule has 5 heteroatoms. The quantitative estimate of drug-likeness (QED) is 0.465.